The van der Waals surface area contributed by atoms with Gasteiger partial charge in [-0.25, -0.2) is 19.3 Å². The second kappa shape index (κ2) is 9.13. The van der Waals surface area contributed by atoms with Gasteiger partial charge in [0.05, 0.1) is 11.3 Å². The fourth-order valence-corrected chi connectivity index (χ4v) is 3.85. The Morgan fingerprint density at radius 1 is 1.09 bits per heavy atom. The predicted molar refractivity (Wildman–Crippen MR) is 114 cm³/mol. The van der Waals surface area contributed by atoms with Crippen LogP contribution in [0.1, 0.15) is 46.2 Å². The van der Waals surface area contributed by atoms with Crippen LogP contribution in [0.5, 0.6) is 0 Å². The van der Waals surface area contributed by atoms with Gasteiger partial charge in [0.1, 0.15) is 23.3 Å². The topological polar surface area (TPSA) is 71.0 Å². The van der Waals surface area contributed by atoms with Gasteiger partial charge >= 0.3 is 6.18 Å². The zero-order chi connectivity index (χ0) is 23.6. The van der Waals surface area contributed by atoms with Crippen LogP contribution in [0.2, 0.25) is 0 Å². The highest BCUT2D eigenvalue weighted by Gasteiger charge is 2.31. The van der Waals surface area contributed by atoms with Crippen molar-refractivity contribution in [2.75, 3.05) is 18.4 Å². The molecule has 1 aliphatic rings. The molecule has 1 saturated heterocycles. The van der Waals surface area contributed by atoms with Gasteiger partial charge in [0.25, 0.3) is 5.91 Å². The lowest BCUT2D eigenvalue weighted by Crippen LogP contribution is -2.39. The van der Waals surface area contributed by atoms with Crippen molar-refractivity contribution in [1.29, 1.82) is 0 Å². The average Bonchev–Trinajstić information content (AvgIpc) is 2.78. The molecule has 0 bridgehead atoms. The first-order valence-electron chi connectivity index (χ1n) is 10.4. The summed E-state index contributed by atoms with van der Waals surface area (Å²) >= 11 is 0. The molecule has 1 amide bonds. The number of halogens is 4. The smallest absolute Gasteiger partial charge is 0.338 e. The molecule has 1 unspecified atom stereocenters. The number of carbonyl (C=O) groups is 1. The Balaban J connectivity index is 1.52. The van der Waals surface area contributed by atoms with Gasteiger partial charge in [-0.3, -0.25) is 4.79 Å². The van der Waals surface area contributed by atoms with Crippen molar-refractivity contribution in [3.05, 3.63) is 77.1 Å². The summed E-state index contributed by atoms with van der Waals surface area (Å²) in [5.74, 6) is 0.132. The first kappa shape index (κ1) is 22.6. The molecule has 0 spiro atoms. The lowest BCUT2D eigenvalue weighted by Gasteiger charge is -2.32. The molecule has 1 aliphatic heterocycles. The molecular formula is C23H21F4N5O. The number of rotatable bonds is 4. The van der Waals surface area contributed by atoms with Gasteiger partial charge in [-0.1, -0.05) is 0 Å². The van der Waals surface area contributed by atoms with E-state index in [-0.39, 0.29) is 17.6 Å². The van der Waals surface area contributed by atoms with E-state index < -0.39 is 17.6 Å². The van der Waals surface area contributed by atoms with Crippen molar-refractivity contribution in [3.8, 4) is 0 Å². The Morgan fingerprint density at radius 3 is 2.58 bits per heavy atom. The van der Waals surface area contributed by atoms with E-state index in [9.17, 15) is 22.4 Å². The zero-order valence-corrected chi connectivity index (χ0v) is 17.7. The van der Waals surface area contributed by atoms with Gasteiger partial charge < -0.3 is 10.2 Å². The van der Waals surface area contributed by atoms with Crippen LogP contribution < -0.4 is 5.32 Å². The minimum Gasteiger partial charge on any atom is -0.338 e. The fourth-order valence-electron chi connectivity index (χ4n) is 3.85. The number of aryl methyl sites for hydroxylation is 1. The largest absolute Gasteiger partial charge is 0.416 e. The summed E-state index contributed by atoms with van der Waals surface area (Å²) in [5, 5.41) is 2.82. The number of alkyl halides is 3. The van der Waals surface area contributed by atoms with E-state index in [0.717, 1.165) is 31.2 Å². The number of nitrogens with zero attached hydrogens (tertiary/aromatic N) is 4. The molecule has 1 atom stereocenters. The summed E-state index contributed by atoms with van der Waals surface area (Å²) in [6.07, 6.45) is -1.83. The van der Waals surface area contributed by atoms with E-state index in [2.05, 4.69) is 20.3 Å². The van der Waals surface area contributed by atoms with E-state index in [4.69, 9.17) is 0 Å². The Labute approximate surface area is 187 Å². The van der Waals surface area contributed by atoms with Crippen molar-refractivity contribution >= 4 is 17.5 Å². The Kier molecular flexibility index (Phi) is 6.26. The van der Waals surface area contributed by atoms with Gasteiger partial charge in [-0.05, 0) is 56.2 Å². The SMILES string of the molecule is Cc1nc(Nc2cc(C(F)(F)F)ccn2)cc(C2CCCN(C(=O)c3ccc(F)cc3)C2)n1. The monoisotopic (exact) mass is 459 g/mol. The Hall–Kier alpha value is -3.56. The van der Waals surface area contributed by atoms with Crippen molar-refractivity contribution in [2.24, 2.45) is 0 Å². The molecule has 3 heterocycles. The normalized spacial score (nSPS) is 16.5. The summed E-state index contributed by atoms with van der Waals surface area (Å²) in [7, 11) is 0. The molecule has 0 aliphatic carbocycles. The van der Waals surface area contributed by atoms with Crippen LogP contribution in [-0.4, -0.2) is 38.8 Å². The number of pyridine rings is 1. The zero-order valence-electron chi connectivity index (χ0n) is 17.7. The minimum absolute atomic E-state index is 0.0191. The summed E-state index contributed by atoms with van der Waals surface area (Å²) in [6, 6.07) is 8.91. The lowest BCUT2D eigenvalue weighted by atomic mass is 9.94. The van der Waals surface area contributed by atoms with Crippen molar-refractivity contribution in [3.63, 3.8) is 0 Å². The molecule has 1 aromatic carbocycles. The summed E-state index contributed by atoms with van der Waals surface area (Å²) in [6.45, 7) is 2.70. The highest BCUT2D eigenvalue weighted by molar-refractivity contribution is 5.94. The molecule has 1 fully saturated rings. The maximum atomic E-state index is 13.2. The van der Waals surface area contributed by atoms with Gasteiger partial charge in [-0.15, -0.1) is 0 Å². The van der Waals surface area contributed by atoms with E-state index >= 15 is 0 Å². The molecule has 0 radical (unpaired) electrons. The predicted octanol–water partition coefficient (Wildman–Crippen LogP) is 5.10. The van der Waals surface area contributed by atoms with Crippen LogP contribution in [0.25, 0.3) is 0 Å². The number of piperidine rings is 1. The highest BCUT2D eigenvalue weighted by atomic mass is 19.4. The van der Waals surface area contributed by atoms with Crippen LogP contribution in [0.15, 0.2) is 48.7 Å². The second-order valence-electron chi connectivity index (χ2n) is 7.87. The molecular weight excluding hydrogens is 438 g/mol. The number of amides is 1. The van der Waals surface area contributed by atoms with E-state index in [1.165, 1.54) is 24.3 Å². The van der Waals surface area contributed by atoms with Crippen LogP contribution in [0.4, 0.5) is 29.2 Å². The second-order valence-corrected chi connectivity index (χ2v) is 7.87. The molecule has 172 valence electrons. The van der Waals surface area contributed by atoms with Gasteiger partial charge in [-0.2, -0.15) is 13.2 Å². The number of aromatic nitrogens is 3. The number of hydrogen-bond acceptors (Lipinski definition) is 5. The number of hydrogen-bond donors (Lipinski definition) is 1. The third-order valence-electron chi connectivity index (χ3n) is 5.42. The average molecular weight is 459 g/mol. The molecule has 10 heteroatoms. The first-order valence-corrected chi connectivity index (χ1v) is 10.4. The summed E-state index contributed by atoms with van der Waals surface area (Å²) < 4.78 is 52.2. The molecule has 4 rings (SSSR count). The van der Waals surface area contributed by atoms with Crippen LogP contribution in [0, 0.1) is 12.7 Å². The lowest BCUT2D eigenvalue weighted by molar-refractivity contribution is -0.137. The van der Waals surface area contributed by atoms with Gasteiger partial charge in [0.15, 0.2) is 0 Å². The minimum atomic E-state index is -4.48. The number of likely N-dealkylation sites (tertiary alicyclic amines) is 1. The third kappa shape index (κ3) is 5.44. The third-order valence-corrected chi connectivity index (χ3v) is 5.42. The molecule has 6 nitrogen and oxygen atoms in total. The number of carbonyl (C=O) groups excluding carboxylic acids is 1. The van der Waals surface area contributed by atoms with E-state index in [0.29, 0.717) is 36.0 Å². The molecule has 2 aromatic heterocycles. The number of anilines is 2. The van der Waals surface area contributed by atoms with E-state index in [1.807, 2.05) is 0 Å². The quantitative estimate of drug-likeness (QED) is 0.550. The van der Waals surface area contributed by atoms with Crippen molar-refractivity contribution < 1.29 is 22.4 Å². The first-order chi connectivity index (χ1) is 15.7. The van der Waals surface area contributed by atoms with Gasteiger partial charge in [0, 0.05) is 36.8 Å². The van der Waals surface area contributed by atoms with E-state index in [1.54, 1.807) is 17.9 Å². The standard InChI is InChI=1S/C23H21F4N5O/c1-14-29-19(12-21(30-14)31-20-11-17(8-9-28-20)23(25,26)27)16-3-2-10-32(13-16)22(33)15-4-6-18(24)7-5-15/h4-9,11-12,16H,2-3,10,13H2,1H3,(H,28,29,30,31). The molecule has 1 N–H and O–H groups in total. The Bertz CT molecular complexity index is 1150. The summed E-state index contributed by atoms with van der Waals surface area (Å²) in [5.41, 5.74) is 0.288. The summed E-state index contributed by atoms with van der Waals surface area (Å²) in [4.78, 5) is 27.2. The van der Waals surface area contributed by atoms with Crippen LogP contribution in [-0.2, 0) is 6.18 Å². The van der Waals surface area contributed by atoms with Gasteiger partial charge in [0.2, 0.25) is 0 Å². The molecule has 0 saturated carbocycles. The number of benzene rings is 1. The maximum absolute atomic E-state index is 13.2. The van der Waals surface area contributed by atoms with Crippen LogP contribution >= 0.6 is 0 Å². The Morgan fingerprint density at radius 2 is 1.85 bits per heavy atom. The number of nitrogens with one attached hydrogen (secondary N) is 1. The highest BCUT2D eigenvalue weighted by Crippen LogP contribution is 2.31. The van der Waals surface area contributed by atoms with Crippen molar-refractivity contribution in [1.82, 2.24) is 19.9 Å². The molecule has 3 aromatic rings. The van der Waals surface area contributed by atoms with Crippen molar-refractivity contribution in [2.45, 2.75) is 31.9 Å². The fraction of sp³-hybridized carbons (Fsp3) is 0.304. The maximum Gasteiger partial charge on any atom is 0.416 e. The molecule has 33 heavy (non-hydrogen) atoms. The van der Waals surface area contributed by atoms with Crippen LogP contribution in [0.3, 0.4) is 0 Å².